The van der Waals surface area contributed by atoms with Crippen LogP contribution in [0.25, 0.3) is 0 Å². The van der Waals surface area contributed by atoms with E-state index in [1.165, 1.54) is 45.3 Å². The van der Waals surface area contributed by atoms with Crippen LogP contribution in [0.3, 0.4) is 0 Å². The highest BCUT2D eigenvalue weighted by atomic mass is 32.1. The van der Waals surface area contributed by atoms with Crippen molar-refractivity contribution in [2.75, 3.05) is 19.6 Å². The summed E-state index contributed by atoms with van der Waals surface area (Å²) < 4.78 is 0. The predicted octanol–water partition coefficient (Wildman–Crippen LogP) is 2.95. The molecule has 1 fully saturated rings. The molecule has 1 aliphatic heterocycles. The maximum absolute atomic E-state index is 5.80. The third kappa shape index (κ3) is 4.02. The van der Waals surface area contributed by atoms with E-state index in [4.69, 9.17) is 18.0 Å². The van der Waals surface area contributed by atoms with Crippen molar-refractivity contribution in [1.82, 2.24) is 4.90 Å². The number of rotatable bonds is 6. The third-order valence-electron chi connectivity index (χ3n) is 3.88. The maximum atomic E-state index is 5.80. The zero-order valence-corrected chi connectivity index (χ0v) is 11.6. The summed E-state index contributed by atoms with van der Waals surface area (Å²) >= 11 is 5.15. The Bertz CT molecular complexity index is 220. The van der Waals surface area contributed by atoms with Crippen molar-refractivity contribution in [3.63, 3.8) is 0 Å². The van der Waals surface area contributed by atoms with Crippen LogP contribution in [-0.2, 0) is 0 Å². The Kier molecular flexibility index (Phi) is 5.70. The molecule has 94 valence electrons. The second kappa shape index (κ2) is 6.55. The standard InChI is InChI=1S/C13H26N2S/c1-3-4-5-6-9-15-10-7-13(2,8-11-15)12(14)16/h3-11H2,1-2H3,(H2,14,16). The molecule has 0 amide bonds. The summed E-state index contributed by atoms with van der Waals surface area (Å²) in [4.78, 5) is 3.27. The zero-order valence-electron chi connectivity index (χ0n) is 10.8. The minimum absolute atomic E-state index is 0.120. The Morgan fingerprint density at radius 1 is 1.25 bits per heavy atom. The van der Waals surface area contributed by atoms with E-state index in [9.17, 15) is 0 Å². The van der Waals surface area contributed by atoms with E-state index in [-0.39, 0.29) is 5.41 Å². The van der Waals surface area contributed by atoms with Crippen LogP contribution in [-0.4, -0.2) is 29.5 Å². The number of thiocarbonyl (C=S) groups is 1. The van der Waals surface area contributed by atoms with Crippen LogP contribution in [0.5, 0.6) is 0 Å². The molecule has 1 saturated heterocycles. The number of hydrogen-bond donors (Lipinski definition) is 1. The summed E-state index contributed by atoms with van der Waals surface area (Å²) in [6.45, 7) is 8.06. The second-order valence-electron chi connectivity index (χ2n) is 5.33. The number of nitrogens with two attached hydrogens (primary N) is 1. The van der Waals surface area contributed by atoms with Crippen LogP contribution in [0.2, 0.25) is 0 Å². The molecule has 0 aromatic carbocycles. The highest BCUT2D eigenvalue weighted by Gasteiger charge is 2.32. The molecule has 1 aliphatic rings. The average Bonchev–Trinajstić information content (AvgIpc) is 2.27. The van der Waals surface area contributed by atoms with Crippen molar-refractivity contribution >= 4 is 17.2 Å². The summed E-state index contributed by atoms with van der Waals surface area (Å²) in [7, 11) is 0. The van der Waals surface area contributed by atoms with Crippen molar-refractivity contribution in [2.24, 2.45) is 11.1 Å². The summed E-state index contributed by atoms with van der Waals surface area (Å²) in [6.07, 6.45) is 7.68. The van der Waals surface area contributed by atoms with E-state index in [1.54, 1.807) is 0 Å². The molecule has 0 aliphatic carbocycles. The third-order valence-corrected chi connectivity index (χ3v) is 4.38. The fourth-order valence-electron chi connectivity index (χ4n) is 2.28. The Morgan fingerprint density at radius 3 is 2.38 bits per heavy atom. The van der Waals surface area contributed by atoms with Gasteiger partial charge in [0, 0.05) is 5.41 Å². The van der Waals surface area contributed by atoms with Gasteiger partial charge >= 0.3 is 0 Å². The van der Waals surface area contributed by atoms with Crippen molar-refractivity contribution in [1.29, 1.82) is 0 Å². The zero-order chi connectivity index (χ0) is 12.0. The van der Waals surface area contributed by atoms with E-state index in [2.05, 4.69) is 18.7 Å². The molecule has 0 spiro atoms. The topological polar surface area (TPSA) is 29.3 Å². The van der Waals surface area contributed by atoms with Gasteiger partial charge in [0.05, 0.1) is 4.99 Å². The molecule has 0 radical (unpaired) electrons. The SMILES string of the molecule is CCCCCCN1CCC(C)(C(N)=S)CC1. The summed E-state index contributed by atoms with van der Waals surface area (Å²) in [5.41, 5.74) is 5.92. The van der Waals surface area contributed by atoms with Gasteiger partial charge in [0.2, 0.25) is 0 Å². The van der Waals surface area contributed by atoms with E-state index < -0.39 is 0 Å². The quantitative estimate of drug-likeness (QED) is 0.573. The van der Waals surface area contributed by atoms with E-state index in [1.807, 2.05) is 0 Å². The molecule has 0 bridgehead atoms. The summed E-state index contributed by atoms with van der Waals surface area (Å²) in [5.74, 6) is 0. The van der Waals surface area contributed by atoms with Gasteiger partial charge in [0.25, 0.3) is 0 Å². The second-order valence-corrected chi connectivity index (χ2v) is 5.77. The molecule has 0 atom stereocenters. The summed E-state index contributed by atoms with van der Waals surface area (Å²) in [5, 5.41) is 0. The van der Waals surface area contributed by atoms with E-state index in [0.29, 0.717) is 4.99 Å². The van der Waals surface area contributed by atoms with Crippen molar-refractivity contribution < 1.29 is 0 Å². The van der Waals surface area contributed by atoms with Gasteiger partial charge in [-0.1, -0.05) is 45.3 Å². The van der Waals surface area contributed by atoms with Crippen LogP contribution < -0.4 is 5.73 Å². The molecule has 16 heavy (non-hydrogen) atoms. The minimum Gasteiger partial charge on any atom is -0.393 e. The first-order valence-electron chi connectivity index (χ1n) is 6.61. The Hall–Kier alpha value is -0.150. The molecule has 0 unspecified atom stereocenters. The van der Waals surface area contributed by atoms with Gasteiger partial charge in [-0.3, -0.25) is 0 Å². The van der Waals surface area contributed by atoms with E-state index in [0.717, 1.165) is 12.8 Å². The first kappa shape index (κ1) is 13.9. The van der Waals surface area contributed by atoms with Gasteiger partial charge in [-0.05, 0) is 38.9 Å². The Balaban J connectivity index is 2.19. The molecule has 2 N–H and O–H groups in total. The molecular weight excluding hydrogens is 216 g/mol. The predicted molar refractivity (Wildman–Crippen MR) is 74.7 cm³/mol. The normalized spacial score (nSPS) is 20.9. The fraction of sp³-hybridized carbons (Fsp3) is 0.923. The minimum atomic E-state index is 0.120. The van der Waals surface area contributed by atoms with Crippen LogP contribution in [0.1, 0.15) is 52.4 Å². The first-order chi connectivity index (χ1) is 7.58. The van der Waals surface area contributed by atoms with Gasteiger partial charge in [-0.2, -0.15) is 0 Å². The number of likely N-dealkylation sites (tertiary alicyclic amines) is 1. The van der Waals surface area contributed by atoms with Crippen LogP contribution >= 0.6 is 12.2 Å². The lowest BCUT2D eigenvalue weighted by Gasteiger charge is -2.38. The van der Waals surface area contributed by atoms with Gasteiger partial charge in [0.15, 0.2) is 0 Å². The molecule has 3 heteroatoms. The maximum Gasteiger partial charge on any atom is 0.0788 e. The van der Waals surface area contributed by atoms with Gasteiger partial charge in [-0.25, -0.2) is 0 Å². The molecule has 0 saturated carbocycles. The largest absolute Gasteiger partial charge is 0.393 e. The molecule has 0 aromatic heterocycles. The highest BCUT2D eigenvalue weighted by molar-refractivity contribution is 7.80. The van der Waals surface area contributed by atoms with Crippen LogP contribution in [0.4, 0.5) is 0 Å². The highest BCUT2D eigenvalue weighted by Crippen LogP contribution is 2.31. The van der Waals surface area contributed by atoms with Crippen molar-refractivity contribution in [3.05, 3.63) is 0 Å². The smallest absolute Gasteiger partial charge is 0.0788 e. The molecule has 1 rings (SSSR count). The molecular formula is C13H26N2S. The average molecular weight is 242 g/mol. The monoisotopic (exact) mass is 242 g/mol. The first-order valence-corrected chi connectivity index (χ1v) is 7.01. The van der Waals surface area contributed by atoms with Crippen molar-refractivity contribution in [3.8, 4) is 0 Å². The van der Waals surface area contributed by atoms with Crippen molar-refractivity contribution in [2.45, 2.75) is 52.4 Å². The lowest BCUT2D eigenvalue weighted by molar-refractivity contribution is 0.162. The van der Waals surface area contributed by atoms with Gasteiger partial charge in [0.1, 0.15) is 0 Å². The number of piperidine rings is 1. The van der Waals surface area contributed by atoms with Gasteiger partial charge in [-0.15, -0.1) is 0 Å². The number of unbranched alkanes of at least 4 members (excludes halogenated alkanes) is 3. The summed E-state index contributed by atoms with van der Waals surface area (Å²) in [6, 6.07) is 0. The van der Waals surface area contributed by atoms with Crippen LogP contribution in [0.15, 0.2) is 0 Å². The Labute approximate surface area is 106 Å². The lowest BCUT2D eigenvalue weighted by atomic mass is 9.80. The van der Waals surface area contributed by atoms with Crippen LogP contribution in [0, 0.1) is 5.41 Å². The lowest BCUT2D eigenvalue weighted by Crippen LogP contribution is -2.44. The number of hydrogen-bond acceptors (Lipinski definition) is 2. The molecule has 2 nitrogen and oxygen atoms in total. The number of nitrogens with zero attached hydrogens (tertiary/aromatic N) is 1. The molecule has 0 aromatic rings. The Morgan fingerprint density at radius 2 is 1.88 bits per heavy atom. The van der Waals surface area contributed by atoms with Gasteiger partial charge < -0.3 is 10.6 Å². The van der Waals surface area contributed by atoms with E-state index >= 15 is 0 Å². The fourth-order valence-corrected chi connectivity index (χ4v) is 2.48. The molecule has 1 heterocycles.